The van der Waals surface area contributed by atoms with E-state index >= 15 is 0 Å². The van der Waals surface area contributed by atoms with E-state index in [1.807, 2.05) is 6.92 Å². The summed E-state index contributed by atoms with van der Waals surface area (Å²) in [5.74, 6) is -12.6. The van der Waals surface area contributed by atoms with Crippen molar-refractivity contribution in [3.8, 4) is 0 Å². The van der Waals surface area contributed by atoms with Crippen LogP contribution in [0.1, 0.15) is 269 Å². The van der Waals surface area contributed by atoms with Gasteiger partial charge in [-0.15, -0.1) is 20.4 Å². The molecule has 0 bridgehead atoms. The van der Waals surface area contributed by atoms with Gasteiger partial charge >= 0.3 is 0 Å². The molecule has 4 aromatic carbocycles. The maximum Gasteiger partial charge on any atom is 0.191 e. The average Bonchev–Trinajstić information content (AvgIpc) is 1.50. The minimum Gasteiger partial charge on any atom is -0.394 e. The fraction of sp³-hybridized carbons (Fsp3) is 0.583. The quantitative estimate of drug-likeness (QED) is 0.00969. The molecule has 40 nitrogen and oxygen atoms in total. The van der Waals surface area contributed by atoms with Gasteiger partial charge in [0.2, 0.25) is 0 Å². The highest BCUT2D eigenvalue weighted by atomic mass is 32.2. The van der Waals surface area contributed by atoms with Crippen molar-refractivity contribution in [2.75, 3.05) is 96.8 Å². The summed E-state index contributed by atoms with van der Waals surface area (Å²) in [6.07, 6.45) is -68.6. The molecule has 0 spiro atoms. The fourth-order valence-corrected chi connectivity index (χ4v) is 16.2. The van der Waals surface area contributed by atoms with Crippen molar-refractivity contribution >= 4 is 115 Å². The third-order valence-corrected chi connectivity index (χ3v) is 24.6. The van der Waals surface area contributed by atoms with Crippen LogP contribution in [0.2, 0.25) is 0 Å². The first kappa shape index (κ1) is 57.9. The van der Waals surface area contributed by atoms with Crippen LogP contribution in [0.5, 0.6) is 0 Å². The van der Waals surface area contributed by atoms with E-state index in [0.717, 1.165) is 51.1 Å². The number of aromatic nitrogens is 20. The SMILES string of the molecule is [2H]C([2H])(C)C([2H])([2H])Sc1nc(N[C@]2([2H])C([2H])([2H])[C@@]2([2H])c2ccc(C)c(F)c2)c2nnn([C@]3([2H])C([2H])([2H])[C@]([2H])(OC([2H])([2H])C([2H])([2H])O)[C@@]([2H])(O)[C@@]3([2H])O)c2n1.[2H]C([2H])(CO)O[C@@]1([2H])C([2H])([2H])[C@@]([2H])(n2nnc3c(N[C@]4([2H])C([2H])([2H])[C@@]4([2H])c4ccc(C)c(F)c4)nc(SC([2H])([2H])C([2H])([2H])C)nc32)[C@]([2H])(O)[C@]1([2H])O.[2H]C([2H])(O)CO[C@@]1([2H])C([2H])([2H])[C@@]([2H])(n2nnc3c(N[C@]4([2H])C([2H])([2H])[C@@]4([2H])c4ccc(C)c(F)c4)nc(SC([2H])([2H])C([2H])([2H])C)nc32)[C@]([2H])(O)[C@]1([2H])O.[2H]c1c([2H])c([C@@H]2C[C@H]2Nc2nc(SCCC)nc3c2nnn3[C@@H]2C[C@H](OCCO)[C@@H](O)[C@H]2O)c([2H])c(F)c1C. The van der Waals surface area contributed by atoms with Crippen LogP contribution in [0.15, 0.2) is 93.4 Å². The summed E-state index contributed by atoms with van der Waals surface area (Å²) in [6.45, 7) is -8.15. The number of aryl methyl sites for hydroxylation is 3. The maximum atomic E-state index is 14.6. The van der Waals surface area contributed by atoms with Crippen molar-refractivity contribution in [2.45, 2.75) is 297 Å². The lowest BCUT2D eigenvalue weighted by molar-refractivity contribution is -0.0629. The van der Waals surface area contributed by atoms with Gasteiger partial charge < -0.3 is 101 Å². The van der Waals surface area contributed by atoms with Crippen molar-refractivity contribution in [3.63, 3.8) is 0 Å². The first-order valence-corrected chi connectivity index (χ1v) is 46.2. The summed E-state index contributed by atoms with van der Waals surface area (Å²) in [6, 6.07) is -12.2. The van der Waals surface area contributed by atoms with Crippen molar-refractivity contribution in [3.05, 3.63) is 141 Å². The molecule has 0 radical (unpaired) electrons. The zero-order valence-corrected chi connectivity index (χ0v) is 79.2. The second kappa shape index (κ2) is 47.3. The van der Waals surface area contributed by atoms with E-state index in [1.165, 1.54) is 80.5 Å². The highest BCUT2D eigenvalue weighted by Gasteiger charge is 2.51. The van der Waals surface area contributed by atoms with Crippen LogP contribution < -0.4 is 21.3 Å². The van der Waals surface area contributed by atoms with Crippen LogP contribution >= 0.6 is 47.0 Å². The molecule has 8 aliphatic rings. The molecule has 8 fully saturated rings. The molecule has 12 aromatic rings. The third kappa shape index (κ3) is 23.8. The Morgan fingerprint density at radius 2 is 0.819 bits per heavy atom. The Hall–Kier alpha value is -9.52. The van der Waals surface area contributed by atoms with Gasteiger partial charge in [-0.05, 0) is 148 Å². The van der Waals surface area contributed by atoms with Crippen LogP contribution in [-0.4, -0.2) is 334 Å². The number of benzene rings is 4. The summed E-state index contributed by atoms with van der Waals surface area (Å²) < 4.78 is 521. The number of hydrogen-bond donors (Lipinski definition) is 16. The number of nitrogens with one attached hydrogen (secondary N) is 4. The summed E-state index contributed by atoms with van der Waals surface area (Å²) in [7, 11) is 0. The minimum absolute atomic E-state index is 0.00570. The van der Waals surface area contributed by atoms with Gasteiger partial charge in [0, 0.05) is 133 Å². The van der Waals surface area contributed by atoms with Crippen molar-refractivity contribution < 1.29 is 170 Å². The second-order valence-corrected chi connectivity index (χ2v) is 34.5. The van der Waals surface area contributed by atoms with Gasteiger partial charge in [0.1, 0.15) is 72.0 Å². The molecule has 20 rings (SSSR count). The van der Waals surface area contributed by atoms with E-state index in [1.54, 1.807) is 0 Å². The lowest BCUT2D eigenvalue weighted by atomic mass is 10.1. The predicted molar refractivity (Wildman–Crippen MR) is 530 cm³/mol. The minimum atomic E-state index is -4.48. The van der Waals surface area contributed by atoms with E-state index in [-0.39, 0.29) is 144 Å². The van der Waals surface area contributed by atoms with Crippen molar-refractivity contribution in [1.82, 2.24) is 99.8 Å². The summed E-state index contributed by atoms with van der Waals surface area (Å²) in [5, 5.41) is 164. The van der Waals surface area contributed by atoms with Gasteiger partial charge in [-0.25, -0.2) is 76.2 Å². The molecule has 8 aromatic heterocycles. The predicted octanol–water partition coefficient (Wildman–Crippen LogP) is 8.73. The Morgan fingerprint density at radius 3 is 1.21 bits per heavy atom. The molecule has 776 valence electrons. The zero-order chi connectivity index (χ0) is 149. The fourth-order valence-electron chi connectivity index (χ4n) is 14.1. The molecule has 8 saturated carbocycles. The van der Waals surface area contributed by atoms with E-state index in [9.17, 15) is 73.7 Å². The first-order valence-electron chi connectivity index (χ1n) is 69.3. The number of rotatable bonds is 40. The standard InChI is InChI=1S/4C24H31FN6O4S/c4*1-3-8-36-24-27-22(26-16-10-14(16)13-5-4-12(2)15(25)9-13)19-23(28-24)31(30-29-19)17-11-18(35-7-6-32)21(34)20(17)33/h4*4-5,9,14,16-18,20-21,32-34H,3,6-8,10-11H2,1-2H3,(H,26,27,28)/t4*14-,16+,17+,18-,20-,21+/m0000/s1/i3D2,6D2,7D2,8D2,10D2,11D2,14D,16D,17D,18D,20D,21D;3D2,7D2,8D2,10D2,11D2,14D,16D,17D,18D,20D,21D;3D2,6D2,8D2,10D2,11D2,14D,16D,17D,18D,20D,21D;4D,5D,9D. The van der Waals surface area contributed by atoms with E-state index in [0.29, 0.717) is 28.6 Å². The highest BCUT2D eigenvalue weighted by molar-refractivity contribution is 7.99. The van der Waals surface area contributed by atoms with Gasteiger partial charge in [-0.2, -0.15) is 0 Å². The Balaban J connectivity index is 0.000000172. The number of halogens is 4. The number of hydrogen-bond acceptors (Lipinski definition) is 40. The summed E-state index contributed by atoms with van der Waals surface area (Å²) in [4.78, 5) is 33.1. The number of anilines is 4. The van der Waals surface area contributed by atoms with Crippen LogP contribution in [0, 0.1) is 51.0 Å². The van der Waals surface area contributed by atoms with E-state index in [4.69, 9.17) is 87.2 Å². The van der Waals surface area contributed by atoms with Gasteiger partial charge in [-0.1, -0.05) is 144 Å². The van der Waals surface area contributed by atoms with E-state index < -0.39 is 336 Å². The largest absolute Gasteiger partial charge is 0.394 e. The first-order chi connectivity index (χ1) is 88.9. The van der Waals surface area contributed by atoms with E-state index in [2.05, 4.69) is 112 Å². The molecule has 144 heavy (non-hydrogen) atoms. The molecule has 8 aliphatic carbocycles. The molecule has 16 N–H and O–H groups in total. The van der Waals surface area contributed by atoms with Crippen LogP contribution in [-0.2, 0) is 18.9 Å². The number of ether oxygens (including phenoxy) is 4. The second-order valence-electron chi connectivity index (χ2n) is 31.2. The molecular formula is C96H124F4N24O16S4. The molecule has 8 heterocycles. The van der Waals surface area contributed by atoms with Crippen molar-refractivity contribution in [2.24, 2.45) is 0 Å². The van der Waals surface area contributed by atoms with Crippen LogP contribution in [0.4, 0.5) is 40.8 Å². The lowest BCUT2D eigenvalue weighted by Gasteiger charge is -2.17. The molecule has 0 unspecified atom stereocenters. The van der Waals surface area contributed by atoms with Crippen LogP contribution in [0.3, 0.4) is 0 Å². The molecule has 24 atom stereocenters. The van der Waals surface area contributed by atoms with Crippen LogP contribution in [0.25, 0.3) is 44.7 Å². The molecule has 0 aliphatic heterocycles. The Bertz CT molecular complexity index is 9360. The number of thioether (sulfide) groups is 4. The summed E-state index contributed by atoms with van der Waals surface area (Å²) in [5.41, 5.74) is -13.6. The normalized spacial score (nSPS) is 45.3. The topological polar surface area (TPSA) is 554 Å². The van der Waals surface area contributed by atoms with Gasteiger partial charge in [0.05, 0.1) is 137 Å². The number of aliphatic hydroxyl groups is 12. The molecular weight excluding hydrogens is 1950 g/mol. The number of aliphatic hydroxyl groups excluding tert-OH is 4. The highest BCUT2D eigenvalue weighted by Crippen LogP contribution is 2.50. The van der Waals surface area contributed by atoms with Gasteiger partial charge in [0.25, 0.3) is 0 Å². The summed E-state index contributed by atoms with van der Waals surface area (Å²) >= 11 is 1.34. The van der Waals surface area contributed by atoms with Gasteiger partial charge in [-0.3, -0.25) is 0 Å². The third-order valence-electron chi connectivity index (χ3n) is 21.6. The monoisotopic (exact) mass is 2130 g/mol. The lowest BCUT2D eigenvalue weighted by Crippen LogP contribution is -2.33. The Labute approximate surface area is 918 Å². The molecule has 0 saturated heterocycles. The Kier molecular flexibility index (Phi) is 19.0. The Morgan fingerprint density at radius 1 is 0.424 bits per heavy atom. The number of nitrogens with zero attached hydrogens (tertiary/aromatic N) is 20. The maximum absolute atomic E-state index is 14.6. The van der Waals surface area contributed by atoms with Crippen molar-refractivity contribution in [1.29, 1.82) is 0 Å². The number of fused-ring (bicyclic) bond motifs is 4. The van der Waals surface area contributed by atoms with Gasteiger partial charge in [0.15, 0.2) is 88.6 Å². The smallest absolute Gasteiger partial charge is 0.191 e. The molecule has 48 heteroatoms. The molecule has 0 amide bonds. The zero-order valence-electron chi connectivity index (χ0n) is 129. The average molecular weight is 2130 g/mol.